The average Bonchev–Trinajstić information content (AvgIpc) is 2.82. The number of rotatable bonds is 9. The van der Waals surface area contributed by atoms with Crippen LogP contribution in [0.1, 0.15) is 25.0 Å². The van der Waals surface area contributed by atoms with Gasteiger partial charge >= 0.3 is 0 Å². The molecule has 0 bridgehead atoms. The van der Waals surface area contributed by atoms with Gasteiger partial charge in [0.25, 0.3) is 0 Å². The van der Waals surface area contributed by atoms with Crippen molar-refractivity contribution in [3.8, 4) is 11.1 Å². The standard InChI is InChI=1S/C27H31FN2O2/c1-20(2)30(26-13-11-25(28)12-14-26)17-22-5-9-24(10-6-22)23-7-3-21(4-8-23)15-16-27(29,18-31)19-32/h3-16,20,31-32H,17-19,29H2,1-2H3/b16-15+. The van der Waals surface area contributed by atoms with Gasteiger partial charge in [-0.25, -0.2) is 4.39 Å². The Morgan fingerprint density at radius 1 is 0.875 bits per heavy atom. The normalized spacial score (nSPS) is 12.0. The third-order valence-electron chi connectivity index (χ3n) is 5.53. The fourth-order valence-corrected chi connectivity index (χ4v) is 3.41. The molecule has 0 radical (unpaired) electrons. The summed E-state index contributed by atoms with van der Waals surface area (Å²) >= 11 is 0. The first kappa shape index (κ1) is 23.7. The van der Waals surface area contributed by atoms with E-state index >= 15 is 0 Å². The van der Waals surface area contributed by atoms with Gasteiger partial charge in [-0.05, 0) is 60.4 Å². The molecule has 0 aliphatic heterocycles. The maximum atomic E-state index is 13.3. The van der Waals surface area contributed by atoms with Crippen molar-refractivity contribution in [2.75, 3.05) is 18.1 Å². The molecule has 3 rings (SSSR count). The lowest BCUT2D eigenvalue weighted by molar-refractivity contribution is 0.152. The van der Waals surface area contributed by atoms with Crippen LogP contribution in [-0.2, 0) is 6.54 Å². The van der Waals surface area contributed by atoms with Crippen LogP contribution in [0.5, 0.6) is 0 Å². The first-order valence-corrected chi connectivity index (χ1v) is 10.7. The Hall–Kier alpha value is -2.99. The van der Waals surface area contributed by atoms with Crippen molar-refractivity contribution in [2.24, 2.45) is 5.73 Å². The molecule has 0 fully saturated rings. The van der Waals surface area contributed by atoms with E-state index in [0.29, 0.717) is 0 Å². The molecule has 0 unspecified atom stereocenters. The van der Waals surface area contributed by atoms with Gasteiger partial charge in [-0.1, -0.05) is 60.7 Å². The van der Waals surface area contributed by atoms with Crippen LogP contribution in [0.15, 0.2) is 78.9 Å². The number of aliphatic hydroxyl groups excluding tert-OH is 2. The summed E-state index contributed by atoms with van der Waals surface area (Å²) in [5.74, 6) is -0.229. The molecule has 32 heavy (non-hydrogen) atoms. The van der Waals surface area contributed by atoms with Gasteiger partial charge in [-0.2, -0.15) is 0 Å². The minimum atomic E-state index is -1.12. The zero-order valence-electron chi connectivity index (χ0n) is 18.6. The summed E-state index contributed by atoms with van der Waals surface area (Å²) in [6, 6.07) is 23.4. The number of halogens is 1. The molecule has 4 N–H and O–H groups in total. The van der Waals surface area contributed by atoms with Gasteiger partial charge in [-0.15, -0.1) is 0 Å². The molecule has 0 saturated heterocycles. The van der Waals surface area contributed by atoms with E-state index in [1.807, 2.05) is 36.4 Å². The molecule has 0 spiro atoms. The SMILES string of the molecule is CC(C)N(Cc1ccc(-c2ccc(/C=C/C(N)(CO)CO)cc2)cc1)c1ccc(F)cc1. The van der Waals surface area contributed by atoms with Crippen LogP contribution in [-0.4, -0.2) is 35.0 Å². The van der Waals surface area contributed by atoms with Gasteiger partial charge in [0.2, 0.25) is 0 Å². The molecule has 0 heterocycles. The topological polar surface area (TPSA) is 69.7 Å². The van der Waals surface area contributed by atoms with Crippen molar-refractivity contribution in [2.45, 2.75) is 32.0 Å². The predicted molar refractivity (Wildman–Crippen MR) is 130 cm³/mol. The van der Waals surface area contributed by atoms with Crippen LogP contribution < -0.4 is 10.6 Å². The third-order valence-corrected chi connectivity index (χ3v) is 5.53. The van der Waals surface area contributed by atoms with E-state index in [0.717, 1.165) is 28.9 Å². The van der Waals surface area contributed by atoms with E-state index in [-0.39, 0.29) is 25.1 Å². The number of hydrogen-bond donors (Lipinski definition) is 3. The zero-order valence-corrected chi connectivity index (χ0v) is 18.6. The highest BCUT2D eigenvalue weighted by atomic mass is 19.1. The molecule has 0 atom stereocenters. The van der Waals surface area contributed by atoms with Crippen LogP contribution in [0.3, 0.4) is 0 Å². The minimum Gasteiger partial charge on any atom is -0.394 e. The molecule has 0 aliphatic carbocycles. The summed E-state index contributed by atoms with van der Waals surface area (Å²) < 4.78 is 13.3. The summed E-state index contributed by atoms with van der Waals surface area (Å²) in [5, 5.41) is 18.6. The van der Waals surface area contributed by atoms with Crippen molar-refractivity contribution in [1.82, 2.24) is 0 Å². The van der Waals surface area contributed by atoms with Gasteiger partial charge in [-0.3, -0.25) is 0 Å². The van der Waals surface area contributed by atoms with E-state index in [2.05, 4.69) is 43.0 Å². The smallest absolute Gasteiger partial charge is 0.123 e. The highest BCUT2D eigenvalue weighted by Gasteiger charge is 2.18. The van der Waals surface area contributed by atoms with Crippen LogP contribution in [0.4, 0.5) is 10.1 Å². The monoisotopic (exact) mass is 434 g/mol. The van der Waals surface area contributed by atoms with Crippen LogP contribution in [0.2, 0.25) is 0 Å². The number of anilines is 1. The van der Waals surface area contributed by atoms with Gasteiger partial charge < -0.3 is 20.8 Å². The van der Waals surface area contributed by atoms with E-state index in [1.165, 1.54) is 17.7 Å². The molecule has 0 aliphatic rings. The van der Waals surface area contributed by atoms with Gasteiger partial charge in [0.05, 0.1) is 18.8 Å². The van der Waals surface area contributed by atoms with Gasteiger partial charge in [0, 0.05) is 18.3 Å². The Morgan fingerprint density at radius 2 is 1.41 bits per heavy atom. The van der Waals surface area contributed by atoms with Crippen LogP contribution in [0, 0.1) is 5.82 Å². The van der Waals surface area contributed by atoms with Crippen molar-refractivity contribution in [3.05, 3.63) is 95.8 Å². The lowest BCUT2D eigenvalue weighted by Gasteiger charge is -2.29. The van der Waals surface area contributed by atoms with Crippen molar-refractivity contribution < 1.29 is 14.6 Å². The van der Waals surface area contributed by atoms with E-state index in [4.69, 9.17) is 5.73 Å². The van der Waals surface area contributed by atoms with Crippen molar-refractivity contribution >= 4 is 11.8 Å². The predicted octanol–water partition coefficient (Wildman–Crippen LogP) is 4.60. The van der Waals surface area contributed by atoms with Crippen LogP contribution >= 0.6 is 0 Å². The first-order chi connectivity index (χ1) is 15.3. The lowest BCUT2D eigenvalue weighted by Crippen LogP contribution is -2.45. The average molecular weight is 435 g/mol. The maximum absolute atomic E-state index is 13.3. The Bertz CT molecular complexity index is 1010. The van der Waals surface area contributed by atoms with Gasteiger partial charge in [0.1, 0.15) is 5.82 Å². The maximum Gasteiger partial charge on any atom is 0.123 e. The second-order valence-corrected chi connectivity index (χ2v) is 8.40. The fourth-order valence-electron chi connectivity index (χ4n) is 3.41. The fraction of sp³-hybridized carbons (Fsp3) is 0.259. The Morgan fingerprint density at radius 3 is 1.91 bits per heavy atom. The molecule has 168 valence electrons. The minimum absolute atomic E-state index is 0.229. The number of aliphatic hydroxyl groups is 2. The number of benzene rings is 3. The second-order valence-electron chi connectivity index (χ2n) is 8.40. The summed E-state index contributed by atoms with van der Waals surface area (Å²) in [6.07, 6.45) is 3.42. The zero-order chi connectivity index (χ0) is 23.1. The molecule has 3 aromatic rings. The number of hydrogen-bond acceptors (Lipinski definition) is 4. The van der Waals surface area contributed by atoms with E-state index in [9.17, 15) is 14.6 Å². The van der Waals surface area contributed by atoms with Crippen molar-refractivity contribution in [3.63, 3.8) is 0 Å². The summed E-state index contributed by atoms with van der Waals surface area (Å²) in [6.45, 7) is 4.36. The quantitative estimate of drug-likeness (QED) is 0.460. The molecule has 0 saturated carbocycles. The summed E-state index contributed by atoms with van der Waals surface area (Å²) in [4.78, 5) is 2.24. The van der Waals surface area contributed by atoms with E-state index < -0.39 is 5.54 Å². The van der Waals surface area contributed by atoms with E-state index in [1.54, 1.807) is 12.2 Å². The van der Waals surface area contributed by atoms with Crippen molar-refractivity contribution in [1.29, 1.82) is 0 Å². The molecule has 0 amide bonds. The molecule has 3 aromatic carbocycles. The summed E-state index contributed by atoms with van der Waals surface area (Å²) in [7, 11) is 0. The van der Waals surface area contributed by atoms with Gasteiger partial charge in [0.15, 0.2) is 0 Å². The Balaban J connectivity index is 1.71. The first-order valence-electron chi connectivity index (χ1n) is 10.7. The Kier molecular flexibility index (Phi) is 7.80. The second kappa shape index (κ2) is 10.6. The van der Waals surface area contributed by atoms with Crippen LogP contribution in [0.25, 0.3) is 17.2 Å². The highest BCUT2D eigenvalue weighted by Crippen LogP contribution is 2.24. The lowest BCUT2D eigenvalue weighted by atomic mass is 9.99. The third kappa shape index (κ3) is 6.04. The highest BCUT2D eigenvalue weighted by molar-refractivity contribution is 5.66. The number of nitrogens with zero attached hydrogens (tertiary/aromatic N) is 1. The summed E-state index contributed by atoms with van der Waals surface area (Å²) in [5.41, 5.74) is 10.1. The molecule has 5 heteroatoms. The molecule has 4 nitrogen and oxygen atoms in total. The number of nitrogens with two attached hydrogens (primary N) is 1. The largest absolute Gasteiger partial charge is 0.394 e. The Labute approximate surface area is 189 Å². The molecule has 0 aromatic heterocycles. The molecular weight excluding hydrogens is 403 g/mol. The molecular formula is C27H31FN2O2.